The zero-order valence-electron chi connectivity index (χ0n) is 10.6. The van der Waals surface area contributed by atoms with Gasteiger partial charge in [0.2, 0.25) is 0 Å². The van der Waals surface area contributed by atoms with Crippen LogP contribution in [0.2, 0.25) is 0 Å². The Bertz CT molecular complexity index is 422. The molecule has 0 aromatic carbocycles. The molecule has 1 aromatic rings. The minimum atomic E-state index is 0.361. The van der Waals surface area contributed by atoms with Crippen molar-refractivity contribution in [3.63, 3.8) is 0 Å². The van der Waals surface area contributed by atoms with Crippen molar-refractivity contribution in [2.45, 2.75) is 12.8 Å². The molecule has 1 fully saturated rings. The molecule has 0 amide bonds. The van der Waals surface area contributed by atoms with Crippen molar-refractivity contribution in [2.75, 3.05) is 31.7 Å². The molecule has 0 spiro atoms. The minimum Gasteiger partial charge on any atom is -0.388 e. The quantitative estimate of drug-likeness (QED) is 0.838. The fourth-order valence-corrected chi connectivity index (χ4v) is 2.65. The van der Waals surface area contributed by atoms with Crippen molar-refractivity contribution in [1.82, 2.24) is 4.98 Å². The van der Waals surface area contributed by atoms with Crippen LogP contribution >= 0.6 is 12.2 Å². The van der Waals surface area contributed by atoms with E-state index in [1.165, 1.54) is 12.8 Å². The van der Waals surface area contributed by atoms with E-state index in [2.05, 4.69) is 9.88 Å². The van der Waals surface area contributed by atoms with E-state index in [0.29, 0.717) is 10.9 Å². The number of thiocarbonyl (C=S) groups is 1. The Balaban J connectivity index is 2.18. The van der Waals surface area contributed by atoms with Gasteiger partial charge in [0.1, 0.15) is 10.7 Å². The lowest BCUT2D eigenvalue weighted by molar-refractivity contribution is 0.143. The van der Waals surface area contributed by atoms with Crippen LogP contribution in [0, 0.1) is 5.92 Å². The summed E-state index contributed by atoms with van der Waals surface area (Å²) < 4.78 is 5.25. The summed E-state index contributed by atoms with van der Waals surface area (Å²) in [6.45, 7) is 2.82. The summed E-state index contributed by atoms with van der Waals surface area (Å²) in [5.74, 6) is 0.572. The van der Waals surface area contributed by atoms with Gasteiger partial charge in [-0.1, -0.05) is 12.2 Å². The molecule has 1 atom stereocenters. The highest BCUT2D eigenvalue weighted by molar-refractivity contribution is 7.80. The molecule has 1 unspecified atom stereocenters. The maximum absolute atomic E-state index is 5.73. The summed E-state index contributed by atoms with van der Waals surface area (Å²) in [7, 11) is 1.75. The Kier molecular flexibility index (Phi) is 4.49. The van der Waals surface area contributed by atoms with Crippen molar-refractivity contribution < 1.29 is 4.74 Å². The molecular weight excluding hydrogens is 246 g/mol. The average molecular weight is 265 g/mol. The molecule has 0 aliphatic carbocycles. The lowest BCUT2D eigenvalue weighted by Crippen LogP contribution is -2.38. The van der Waals surface area contributed by atoms with Crippen molar-refractivity contribution in [1.29, 1.82) is 0 Å². The van der Waals surface area contributed by atoms with E-state index in [9.17, 15) is 0 Å². The third-order valence-electron chi connectivity index (χ3n) is 3.28. The number of pyridine rings is 1. The van der Waals surface area contributed by atoms with Gasteiger partial charge in [-0.3, -0.25) is 4.98 Å². The van der Waals surface area contributed by atoms with Gasteiger partial charge in [-0.15, -0.1) is 0 Å². The van der Waals surface area contributed by atoms with E-state index in [1.54, 1.807) is 13.3 Å². The molecule has 1 saturated heterocycles. The average Bonchev–Trinajstić information content (AvgIpc) is 2.39. The number of nitrogens with two attached hydrogens (primary N) is 1. The third-order valence-corrected chi connectivity index (χ3v) is 3.48. The summed E-state index contributed by atoms with van der Waals surface area (Å²) in [5, 5.41) is 0. The van der Waals surface area contributed by atoms with Crippen LogP contribution in [-0.4, -0.2) is 36.8 Å². The van der Waals surface area contributed by atoms with Gasteiger partial charge in [0.15, 0.2) is 0 Å². The van der Waals surface area contributed by atoms with Crippen molar-refractivity contribution in [3.8, 4) is 0 Å². The number of hydrogen-bond acceptors (Lipinski definition) is 4. The van der Waals surface area contributed by atoms with Crippen LogP contribution in [0.5, 0.6) is 0 Å². The Morgan fingerprint density at radius 3 is 3.22 bits per heavy atom. The molecule has 2 N–H and O–H groups in total. The van der Waals surface area contributed by atoms with Crippen molar-refractivity contribution >= 4 is 22.9 Å². The molecule has 18 heavy (non-hydrogen) atoms. The van der Waals surface area contributed by atoms with Gasteiger partial charge in [-0.2, -0.15) is 0 Å². The summed E-state index contributed by atoms with van der Waals surface area (Å²) in [5.41, 5.74) is 7.51. The Morgan fingerprint density at radius 2 is 2.50 bits per heavy atom. The topological polar surface area (TPSA) is 51.4 Å². The van der Waals surface area contributed by atoms with Crippen LogP contribution in [0.3, 0.4) is 0 Å². The van der Waals surface area contributed by atoms with Crippen molar-refractivity contribution in [3.05, 3.63) is 24.0 Å². The Hall–Kier alpha value is -1.20. The van der Waals surface area contributed by atoms with E-state index in [0.717, 1.165) is 31.1 Å². The molecule has 1 aliphatic heterocycles. The number of nitrogens with zero attached hydrogens (tertiary/aromatic N) is 2. The number of piperidine rings is 1. The monoisotopic (exact) mass is 265 g/mol. The summed E-state index contributed by atoms with van der Waals surface area (Å²) >= 11 is 5.06. The number of aromatic nitrogens is 1. The predicted octanol–water partition coefficient (Wildman–Crippen LogP) is 1.58. The molecule has 0 radical (unpaired) electrons. The first-order chi connectivity index (χ1) is 8.72. The molecule has 0 saturated carbocycles. The Labute approximate surface area is 113 Å². The molecular formula is C13H19N3OS. The lowest BCUT2D eigenvalue weighted by Gasteiger charge is -2.34. The normalized spacial score (nSPS) is 19.8. The van der Waals surface area contributed by atoms with Gasteiger partial charge in [0.25, 0.3) is 0 Å². The summed E-state index contributed by atoms with van der Waals surface area (Å²) in [6.07, 6.45) is 4.11. The smallest absolute Gasteiger partial charge is 0.124 e. The fourth-order valence-electron chi connectivity index (χ4n) is 2.50. The van der Waals surface area contributed by atoms with Crippen LogP contribution in [-0.2, 0) is 4.74 Å². The van der Waals surface area contributed by atoms with Gasteiger partial charge in [-0.25, -0.2) is 0 Å². The van der Waals surface area contributed by atoms with Gasteiger partial charge in [0, 0.05) is 26.4 Å². The zero-order valence-corrected chi connectivity index (χ0v) is 11.4. The van der Waals surface area contributed by atoms with E-state index < -0.39 is 0 Å². The first-order valence-electron chi connectivity index (χ1n) is 6.21. The summed E-state index contributed by atoms with van der Waals surface area (Å²) in [6, 6.07) is 3.97. The fraction of sp³-hybridized carbons (Fsp3) is 0.538. The molecule has 1 aliphatic rings. The second-order valence-electron chi connectivity index (χ2n) is 4.64. The third kappa shape index (κ3) is 2.97. The van der Waals surface area contributed by atoms with E-state index in [1.807, 2.05) is 12.1 Å². The maximum Gasteiger partial charge on any atom is 0.124 e. The molecule has 0 bridgehead atoms. The van der Waals surface area contributed by atoms with Gasteiger partial charge < -0.3 is 15.4 Å². The molecule has 2 rings (SSSR count). The van der Waals surface area contributed by atoms with E-state index >= 15 is 0 Å². The molecule has 2 heterocycles. The first-order valence-corrected chi connectivity index (χ1v) is 6.62. The van der Waals surface area contributed by atoms with E-state index in [4.69, 9.17) is 22.7 Å². The zero-order chi connectivity index (χ0) is 13.0. The molecule has 1 aromatic heterocycles. The molecule has 98 valence electrons. The van der Waals surface area contributed by atoms with Crippen molar-refractivity contribution in [2.24, 2.45) is 11.7 Å². The van der Waals surface area contributed by atoms with Crippen LogP contribution in [0.25, 0.3) is 0 Å². The van der Waals surface area contributed by atoms with Crippen LogP contribution < -0.4 is 10.6 Å². The van der Waals surface area contributed by atoms with Gasteiger partial charge in [0.05, 0.1) is 12.3 Å². The Morgan fingerprint density at radius 1 is 1.67 bits per heavy atom. The number of anilines is 1. The number of ether oxygens (including phenoxy) is 1. The highest BCUT2D eigenvalue weighted by Gasteiger charge is 2.22. The number of rotatable bonds is 4. The first kappa shape index (κ1) is 13.2. The van der Waals surface area contributed by atoms with Gasteiger partial charge >= 0.3 is 0 Å². The number of methoxy groups -OCH3 is 1. The van der Waals surface area contributed by atoms with Crippen LogP contribution in [0.4, 0.5) is 5.69 Å². The molecule has 4 nitrogen and oxygen atoms in total. The SMILES string of the molecule is COCC1CCCN(c2cccnc2C(N)=S)C1. The summed E-state index contributed by atoms with van der Waals surface area (Å²) in [4.78, 5) is 6.96. The second kappa shape index (κ2) is 6.11. The van der Waals surface area contributed by atoms with Crippen LogP contribution in [0.15, 0.2) is 18.3 Å². The van der Waals surface area contributed by atoms with Gasteiger partial charge in [-0.05, 0) is 30.9 Å². The van der Waals surface area contributed by atoms with E-state index in [-0.39, 0.29) is 0 Å². The molecule has 5 heteroatoms. The standard InChI is InChI=1S/C13H19N3OS/c1-17-9-10-4-3-7-16(8-10)11-5-2-6-15-12(11)13(14)18/h2,5-6,10H,3-4,7-9H2,1H3,(H2,14,18). The number of hydrogen-bond donors (Lipinski definition) is 1. The maximum atomic E-state index is 5.73. The highest BCUT2D eigenvalue weighted by Crippen LogP contribution is 2.25. The highest BCUT2D eigenvalue weighted by atomic mass is 32.1. The minimum absolute atomic E-state index is 0.361. The van der Waals surface area contributed by atoms with Crippen LogP contribution in [0.1, 0.15) is 18.5 Å². The predicted molar refractivity (Wildman–Crippen MR) is 76.9 cm³/mol. The largest absolute Gasteiger partial charge is 0.388 e. The lowest BCUT2D eigenvalue weighted by atomic mass is 9.98. The second-order valence-corrected chi connectivity index (χ2v) is 5.08.